The van der Waals surface area contributed by atoms with E-state index in [1.807, 2.05) is 0 Å². The summed E-state index contributed by atoms with van der Waals surface area (Å²) in [5, 5.41) is 0. The molecule has 3 saturated heterocycles. The van der Waals surface area contributed by atoms with E-state index in [1.54, 1.807) is 0 Å². The molecule has 55 heavy (non-hydrogen) atoms. The molecule has 3 heterocycles. The van der Waals surface area contributed by atoms with Gasteiger partial charge < -0.3 is 34.2 Å². The molecule has 5 aliphatic rings. The molecule has 3 aliphatic heterocycles. The minimum absolute atomic E-state index is 0. The zero-order valence-electron chi connectivity index (χ0n) is 36.6. The van der Waals surface area contributed by atoms with Crippen LogP contribution in [0, 0.1) is 0 Å². The van der Waals surface area contributed by atoms with Crippen LogP contribution in [0.5, 0.6) is 0 Å². The average molecular weight is 778 g/mol. The first-order valence-electron chi connectivity index (χ1n) is 21.1. The maximum absolute atomic E-state index is 5.02. The standard InChI is InChI=1S/2C16H25N2Si.3C4H8O.2Li/c2*1-19(2,3)18-16(14-10-6-4-7-11-14)17-15-12-8-5-9-13-15;3*1-2-4-5-3-1;;/h2*4,6-7,10-11,15H,5,8-9,12-13H2,1-3H3;3*1-4H2;;/q2*-1;;;;2*+1/p+1. The van der Waals surface area contributed by atoms with Crippen molar-refractivity contribution in [3.63, 3.8) is 0 Å². The number of hydrogen-bond donors (Lipinski definition) is 1. The molecule has 2 aromatic carbocycles. The topological polar surface area (TPSA) is 82.2 Å². The van der Waals surface area contributed by atoms with Crippen molar-refractivity contribution in [3.8, 4) is 0 Å². The molecule has 5 fully saturated rings. The van der Waals surface area contributed by atoms with E-state index in [4.69, 9.17) is 29.2 Å². The third-order valence-corrected chi connectivity index (χ3v) is 11.1. The molecule has 0 bridgehead atoms. The number of ether oxygens (including phenoxy) is 3. The van der Waals surface area contributed by atoms with E-state index in [1.165, 1.54) is 114 Å². The summed E-state index contributed by atoms with van der Waals surface area (Å²) in [5.74, 6) is 2.11. The number of hydrogen-bond acceptors (Lipinski definition) is 4. The van der Waals surface area contributed by atoms with Gasteiger partial charge in [-0.25, -0.2) is 0 Å². The molecule has 0 spiro atoms. The molecular weight excluding hydrogens is 703 g/mol. The molecule has 0 radical (unpaired) electrons. The Kier molecular flexibility index (Phi) is 29.2. The molecular formula is C44H75Li2N4O3Si2+. The number of aliphatic imine (C=N–C) groups is 1. The number of rotatable bonds is 6. The molecule has 1 N–H and O–H groups in total. The molecule has 0 aromatic heterocycles. The Bertz CT molecular complexity index is 1120. The quantitative estimate of drug-likeness (QED) is 0.268. The smallest absolute Gasteiger partial charge is 0.472 e. The summed E-state index contributed by atoms with van der Waals surface area (Å²) < 4.78 is 14.8. The number of amidine groups is 2. The summed E-state index contributed by atoms with van der Waals surface area (Å²) >= 11 is 0. The van der Waals surface area contributed by atoms with Gasteiger partial charge in [0.2, 0.25) is 0 Å². The van der Waals surface area contributed by atoms with Crippen LogP contribution in [0.1, 0.15) is 114 Å². The van der Waals surface area contributed by atoms with Crippen molar-refractivity contribution in [1.82, 2.24) is 0 Å². The number of nitrogens with zero attached hydrogens (tertiary/aromatic N) is 3. The molecule has 0 unspecified atom stereocenters. The summed E-state index contributed by atoms with van der Waals surface area (Å²) in [5.41, 5.74) is 2.41. The van der Waals surface area contributed by atoms with E-state index < -0.39 is 16.5 Å². The summed E-state index contributed by atoms with van der Waals surface area (Å²) in [7, 11) is -2.96. The predicted octanol–water partition coefficient (Wildman–Crippen LogP) is 4.43. The fourth-order valence-electron chi connectivity index (χ4n) is 6.54. The predicted molar refractivity (Wildman–Crippen MR) is 232 cm³/mol. The molecule has 0 amide bonds. The van der Waals surface area contributed by atoms with E-state index in [0.717, 1.165) is 51.3 Å². The molecule has 11 heteroatoms. The zero-order chi connectivity index (χ0) is 38.0. The van der Waals surface area contributed by atoms with Gasteiger partial charge in [-0.1, -0.05) is 138 Å². The first-order valence-corrected chi connectivity index (χ1v) is 28.0. The van der Waals surface area contributed by atoms with E-state index in [9.17, 15) is 0 Å². The van der Waals surface area contributed by atoms with Gasteiger partial charge in [-0.3, -0.25) is 0 Å². The molecule has 7 rings (SSSR count). The van der Waals surface area contributed by atoms with Crippen LogP contribution in [0.25, 0.3) is 9.96 Å². The van der Waals surface area contributed by atoms with Crippen LogP contribution < -0.4 is 42.7 Å². The van der Waals surface area contributed by atoms with E-state index >= 15 is 0 Å². The summed E-state index contributed by atoms with van der Waals surface area (Å²) in [4.78, 5) is 18.7. The van der Waals surface area contributed by atoms with Gasteiger partial charge in [0, 0.05) is 59.5 Å². The second-order valence-electron chi connectivity index (χ2n) is 16.8. The SMILES string of the molecule is C1CCOC1.C1CCOC1.C1CCOC1.C[Si](C)(C)[N-]C(=NC1CCCCC1)c1ccccc1.C[Si](C)(C)[N-]C(=[NH+]C1CCCCC1)c1ccccc1.[Li+].[Li+]. The second-order valence-corrected chi connectivity index (χ2v) is 26.0. The van der Waals surface area contributed by atoms with Crippen molar-refractivity contribution in [1.29, 1.82) is 0 Å². The van der Waals surface area contributed by atoms with Crippen molar-refractivity contribution in [2.45, 2.75) is 154 Å². The van der Waals surface area contributed by atoms with Crippen LogP contribution in [0.3, 0.4) is 0 Å². The zero-order valence-corrected chi connectivity index (χ0v) is 38.6. The van der Waals surface area contributed by atoms with Crippen LogP contribution in [-0.4, -0.2) is 79.9 Å². The Hall–Kier alpha value is -1.11. The molecule has 7 nitrogen and oxygen atoms in total. The second kappa shape index (κ2) is 30.9. The molecule has 2 aliphatic carbocycles. The Balaban J connectivity index is 0.000000388. The molecule has 2 saturated carbocycles. The Labute approximate surface area is 363 Å². The van der Waals surface area contributed by atoms with Gasteiger partial charge in [0.25, 0.3) is 0 Å². The van der Waals surface area contributed by atoms with Crippen molar-refractivity contribution in [2.75, 3.05) is 39.6 Å². The fraction of sp³-hybridized carbons (Fsp3) is 0.682. The van der Waals surface area contributed by atoms with Gasteiger partial charge in [-0.15, -0.1) is 0 Å². The normalized spacial score (nSPS) is 19.2. The number of benzene rings is 2. The Morgan fingerprint density at radius 1 is 0.509 bits per heavy atom. The summed E-state index contributed by atoms with van der Waals surface area (Å²) in [6.07, 6.45) is 20.8. The van der Waals surface area contributed by atoms with Crippen molar-refractivity contribution < 1.29 is 56.9 Å². The Morgan fingerprint density at radius 2 is 0.891 bits per heavy atom. The van der Waals surface area contributed by atoms with Crippen LogP contribution in [0.2, 0.25) is 39.3 Å². The maximum Gasteiger partial charge on any atom is 1.00 e. The minimum atomic E-state index is -1.49. The van der Waals surface area contributed by atoms with Crippen LogP contribution >= 0.6 is 0 Å². The van der Waals surface area contributed by atoms with Gasteiger partial charge in [0.05, 0.1) is 0 Å². The van der Waals surface area contributed by atoms with Gasteiger partial charge >= 0.3 is 37.7 Å². The first-order chi connectivity index (χ1) is 25.6. The van der Waals surface area contributed by atoms with Crippen LogP contribution in [-0.2, 0) is 14.2 Å². The van der Waals surface area contributed by atoms with E-state index in [-0.39, 0.29) is 37.7 Å². The monoisotopic (exact) mass is 778 g/mol. The van der Waals surface area contributed by atoms with Crippen LogP contribution in [0.15, 0.2) is 65.7 Å². The largest absolute Gasteiger partial charge is 1.00 e. The average Bonchev–Trinajstić information content (AvgIpc) is 4.00. The van der Waals surface area contributed by atoms with Gasteiger partial charge in [-0.2, -0.15) is 0 Å². The first kappa shape index (κ1) is 51.9. The molecule has 2 aromatic rings. The minimum Gasteiger partial charge on any atom is -0.472 e. The van der Waals surface area contributed by atoms with E-state index in [2.05, 4.69) is 105 Å². The van der Waals surface area contributed by atoms with Crippen LogP contribution in [0.4, 0.5) is 0 Å². The fourth-order valence-corrected chi connectivity index (χ4v) is 8.23. The van der Waals surface area contributed by atoms with Crippen molar-refractivity contribution in [2.24, 2.45) is 4.99 Å². The summed E-state index contributed by atoms with van der Waals surface area (Å²) in [6.45, 7) is 19.7. The van der Waals surface area contributed by atoms with Gasteiger partial charge in [0.15, 0.2) is 8.24 Å². The summed E-state index contributed by atoms with van der Waals surface area (Å²) in [6, 6.07) is 22.1. The molecule has 0 atom stereocenters. The van der Waals surface area contributed by atoms with Gasteiger partial charge in [0.1, 0.15) is 5.84 Å². The molecule has 298 valence electrons. The Morgan fingerprint density at radius 3 is 1.25 bits per heavy atom. The third-order valence-electron chi connectivity index (χ3n) is 9.28. The van der Waals surface area contributed by atoms with E-state index in [0.29, 0.717) is 12.1 Å². The third kappa shape index (κ3) is 26.5. The van der Waals surface area contributed by atoms with Crippen molar-refractivity contribution in [3.05, 3.63) is 81.8 Å². The van der Waals surface area contributed by atoms with Crippen molar-refractivity contribution >= 4 is 28.1 Å². The number of nitrogens with one attached hydrogen (secondary N) is 1. The maximum atomic E-state index is 5.02. The van der Waals surface area contributed by atoms with Gasteiger partial charge in [-0.05, 0) is 82.6 Å².